The molecule has 0 amide bonds. The van der Waals surface area contributed by atoms with Crippen molar-refractivity contribution in [3.63, 3.8) is 0 Å². The van der Waals surface area contributed by atoms with Crippen molar-refractivity contribution in [1.82, 2.24) is 9.78 Å². The highest BCUT2D eigenvalue weighted by molar-refractivity contribution is 7.79. The van der Waals surface area contributed by atoms with Gasteiger partial charge in [-0.15, -0.1) is 0 Å². The molecule has 0 bridgehead atoms. The molecule has 0 saturated heterocycles. The maximum Gasteiger partial charge on any atom is 0.270 e. The number of methoxy groups -OCH3 is 1. The van der Waals surface area contributed by atoms with Gasteiger partial charge in [-0.25, -0.2) is 4.68 Å². The third kappa shape index (κ3) is 2.66. The van der Waals surface area contributed by atoms with Crippen LogP contribution in [0.3, 0.4) is 0 Å². The Labute approximate surface area is 117 Å². The summed E-state index contributed by atoms with van der Waals surface area (Å²) in [7, 11) is 1.62. The number of aromatic nitrogens is 2. The highest BCUT2D eigenvalue weighted by Gasteiger charge is 2.11. The lowest BCUT2D eigenvalue weighted by Crippen LogP contribution is -2.25. The van der Waals surface area contributed by atoms with Gasteiger partial charge in [-0.2, -0.15) is 17.7 Å². The van der Waals surface area contributed by atoms with Crippen LogP contribution in [0.2, 0.25) is 0 Å². The standard InChI is InChI=1S/C14H16N2O2S/c1-3-16-14(17)10(9-19)8-12(15-16)11-6-4-5-7-13(11)18-2/h4-8,19H,3,9H2,1-2H3. The van der Waals surface area contributed by atoms with E-state index in [0.717, 1.165) is 17.0 Å². The summed E-state index contributed by atoms with van der Waals surface area (Å²) in [6, 6.07) is 9.39. The summed E-state index contributed by atoms with van der Waals surface area (Å²) in [5.41, 5.74) is 2.15. The number of thiol groups is 1. The van der Waals surface area contributed by atoms with Crippen LogP contribution in [-0.2, 0) is 12.3 Å². The van der Waals surface area contributed by atoms with Crippen molar-refractivity contribution in [2.75, 3.05) is 7.11 Å². The van der Waals surface area contributed by atoms with Crippen LogP contribution >= 0.6 is 12.6 Å². The summed E-state index contributed by atoms with van der Waals surface area (Å²) >= 11 is 4.20. The predicted molar refractivity (Wildman–Crippen MR) is 78.8 cm³/mol. The zero-order valence-corrected chi connectivity index (χ0v) is 11.9. The molecular weight excluding hydrogens is 260 g/mol. The predicted octanol–water partition coefficient (Wildman–Crippen LogP) is 2.37. The third-order valence-corrected chi connectivity index (χ3v) is 3.24. The molecule has 5 heteroatoms. The van der Waals surface area contributed by atoms with E-state index in [2.05, 4.69) is 17.7 Å². The smallest absolute Gasteiger partial charge is 0.270 e. The molecule has 1 aromatic carbocycles. The van der Waals surface area contributed by atoms with E-state index in [1.165, 1.54) is 4.68 Å². The van der Waals surface area contributed by atoms with Crippen LogP contribution < -0.4 is 10.3 Å². The molecule has 0 N–H and O–H groups in total. The van der Waals surface area contributed by atoms with Crippen molar-refractivity contribution in [3.05, 3.63) is 46.2 Å². The SMILES string of the molecule is CCn1nc(-c2ccccc2OC)cc(CS)c1=O. The Hall–Kier alpha value is -1.75. The minimum atomic E-state index is -0.0869. The number of hydrogen-bond acceptors (Lipinski definition) is 4. The average Bonchev–Trinajstić information content (AvgIpc) is 2.47. The minimum Gasteiger partial charge on any atom is -0.496 e. The molecule has 0 saturated carbocycles. The summed E-state index contributed by atoms with van der Waals surface area (Å²) in [6.07, 6.45) is 0. The number of ether oxygens (including phenoxy) is 1. The lowest BCUT2D eigenvalue weighted by atomic mass is 10.1. The molecule has 4 nitrogen and oxygen atoms in total. The van der Waals surface area contributed by atoms with Crippen molar-refractivity contribution in [2.24, 2.45) is 0 Å². The Balaban J connectivity index is 2.65. The number of para-hydroxylation sites is 1. The lowest BCUT2D eigenvalue weighted by Gasteiger charge is -2.11. The molecule has 0 unspecified atom stereocenters. The molecule has 0 aliphatic carbocycles. The average molecular weight is 276 g/mol. The molecule has 19 heavy (non-hydrogen) atoms. The summed E-state index contributed by atoms with van der Waals surface area (Å²) in [6.45, 7) is 2.42. The van der Waals surface area contributed by atoms with Crippen LogP contribution in [0.25, 0.3) is 11.3 Å². The van der Waals surface area contributed by atoms with Gasteiger partial charge < -0.3 is 4.74 Å². The van der Waals surface area contributed by atoms with Crippen molar-refractivity contribution < 1.29 is 4.74 Å². The molecule has 0 radical (unpaired) electrons. The van der Waals surface area contributed by atoms with E-state index in [9.17, 15) is 4.79 Å². The van der Waals surface area contributed by atoms with E-state index >= 15 is 0 Å². The second-order valence-corrected chi connectivity index (χ2v) is 4.35. The molecule has 0 fully saturated rings. The zero-order valence-electron chi connectivity index (χ0n) is 11.0. The molecule has 1 aromatic heterocycles. The second-order valence-electron chi connectivity index (χ2n) is 4.03. The number of rotatable bonds is 4. The van der Waals surface area contributed by atoms with E-state index in [1.807, 2.05) is 31.2 Å². The first kappa shape index (κ1) is 13.7. The highest BCUT2D eigenvalue weighted by atomic mass is 32.1. The summed E-state index contributed by atoms with van der Waals surface area (Å²) < 4.78 is 6.78. The van der Waals surface area contributed by atoms with Gasteiger partial charge in [-0.1, -0.05) is 12.1 Å². The maximum absolute atomic E-state index is 12.0. The third-order valence-electron chi connectivity index (χ3n) is 2.90. The fraction of sp³-hybridized carbons (Fsp3) is 0.286. The molecule has 0 aliphatic rings. The van der Waals surface area contributed by atoms with Crippen LogP contribution in [0.15, 0.2) is 35.1 Å². The van der Waals surface area contributed by atoms with E-state index < -0.39 is 0 Å². The quantitative estimate of drug-likeness (QED) is 0.872. The van der Waals surface area contributed by atoms with Gasteiger partial charge in [0, 0.05) is 23.4 Å². The van der Waals surface area contributed by atoms with Crippen LogP contribution in [0.5, 0.6) is 5.75 Å². The number of aryl methyl sites for hydroxylation is 1. The molecule has 0 atom stereocenters. The van der Waals surface area contributed by atoms with Gasteiger partial charge in [0.15, 0.2) is 0 Å². The Morgan fingerprint density at radius 3 is 2.74 bits per heavy atom. The van der Waals surface area contributed by atoms with E-state index in [0.29, 0.717) is 17.9 Å². The molecule has 0 aliphatic heterocycles. The van der Waals surface area contributed by atoms with Gasteiger partial charge in [-0.3, -0.25) is 4.79 Å². The highest BCUT2D eigenvalue weighted by Crippen LogP contribution is 2.27. The first-order chi connectivity index (χ1) is 9.21. The monoisotopic (exact) mass is 276 g/mol. The summed E-state index contributed by atoms with van der Waals surface area (Å²) in [5, 5.41) is 4.37. The maximum atomic E-state index is 12.0. The van der Waals surface area contributed by atoms with Crippen molar-refractivity contribution in [1.29, 1.82) is 0 Å². The largest absolute Gasteiger partial charge is 0.496 e. The van der Waals surface area contributed by atoms with E-state index in [-0.39, 0.29) is 5.56 Å². The van der Waals surface area contributed by atoms with Gasteiger partial charge in [0.1, 0.15) is 5.75 Å². The van der Waals surface area contributed by atoms with E-state index in [4.69, 9.17) is 4.74 Å². The molecule has 0 spiro atoms. The Morgan fingerprint density at radius 2 is 2.11 bits per heavy atom. The van der Waals surface area contributed by atoms with Crippen molar-refractivity contribution >= 4 is 12.6 Å². The Bertz CT molecular complexity index is 609. The zero-order chi connectivity index (χ0) is 13.8. The van der Waals surface area contributed by atoms with Crippen LogP contribution in [0, 0.1) is 0 Å². The summed E-state index contributed by atoms with van der Waals surface area (Å²) in [5.74, 6) is 1.13. The fourth-order valence-corrected chi connectivity index (χ4v) is 2.14. The van der Waals surface area contributed by atoms with Gasteiger partial charge >= 0.3 is 0 Å². The number of hydrogen-bond donors (Lipinski definition) is 1. The molecule has 1 heterocycles. The minimum absolute atomic E-state index is 0.0869. The molecule has 2 aromatic rings. The van der Waals surface area contributed by atoms with Gasteiger partial charge in [-0.05, 0) is 25.1 Å². The summed E-state index contributed by atoms with van der Waals surface area (Å²) in [4.78, 5) is 12.0. The van der Waals surface area contributed by atoms with Crippen LogP contribution in [0.1, 0.15) is 12.5 Å². The number of benzene rings is 1. The second kappa shape index (κ2) is 5.93. The fourth-order valence-electron chi connectivity index (χ4n) is 1.91. The normalized spacial score (nSPS) is 10.5. The van der Waals surface area contributed by atoms with Crippen LogP contribution in [0.4, 0.5) is 0 Å². The number of nitrogens with zero attached hydrogens (tertiary/aromatic N) is 2. The van der Waals surface area contributed by atoms with Gasteiger partial charge in [0.2, 0.25) is 0 Å². The van der Waals surface area contributed by atoms with Crippen molar-refractivity contribution in [2.45, 2.75) is 19.2 Å². The molecule has 2 rings (SSSR count). The van der Waals surface area contributed by atoms with Gasteiger partial charge in [0.05, 0.1) is 12.8 Å². The van der Waals surface area contributed by atoms with Gasteiger partial charge in [0.25, 0.3) is 5.56 Å². The molecule has 100 valence electrons. The topological polar surface area (TPSA) is 44.1 Å². The Kier molecular flexibility index (Phi) is 4.27. The van der Waals surface area contributed by atoms with E-state index in [1.54, 1.807) is 13.2 Å². The molecular formula is C14H16N2O2S. The van der Waals surface area contributed by atoms with Crippen molar-refractivity contribution in [3.8, 4) is 17.0 Å². The lowest BCUT2D eigenvalue weighted by molar-refractivity contribution is 0.416. The first-order valence-corrected chi connectivity index (χ1v) is 6.69. The van der Waals surface area contributed by atoms with Crippen LogP contribution in [-0.4, -0.2) is 16.9 Å². The first-order valence-electron chi connectivity index (χ1n) is 6.06. The Morgan fingerprint density at radius 1 is 1.37 bits per heavy atom.